The first-order valence-electron chi connectivity index (χ1n) is 6.62. The van der Waals surface area contributed by atoms with E-state index in [-0.39, 0.29) is 5.78 Å². The van der Waals surface area contributed by atoms with Gasteiger partial charge in [0.1, 0.15) is 0 Å². The summed E-state index contributed by atoms with van der Waals surface area (Å²) >= 11 is 0. The number of ether oxygens (including phenoxy) is 3. The van der Waals surface area contributed by atoms with E-state index < -0.39 is 0 Å². The molecule has 2 aromatic rings. The molecule has 22 heavy (non-hydrogen) atoms. The zero-order valence-corrected chi connectivity index (χ0v) is 12.7. The third-order valence-electron chi connectivity index (χ3n) is 3.06. The third-order valence-corrected chi connectivity index (χ3v) is 3.06. The topological polar surface area (TPSA) is 57.7 Å². The highest BCUT2D eigenvalue weighted by atomic mass is 16.5. The predicted octanol–water partition coefficient (Wildman–Crippen LogP) is 3.00. The molecule has 1 aromatic carbocycles. The Bertz CT molecular complexity index is 655. The lowest BCUT2D eigenvalue weighted by molar-refractivity contribution is 0.104. The lowest BCUT2D eigenvalue weighted by Gasteiger charge is -2.13. The van der Waals surface area contributed by atoms with Crippen molar-refractivity contribution in [2.24, 2.45) is 0 Å². The van der Waals surface area contributed by atoms with Gasteiger partial charge in [-0.25, -0.2) is 0 Å². The smallest absolute Gasteiger partial charge is 0.203 e. The van der Waals surface area contributed by atoms with Crippen molar-refractivity contribution in [1.29, 1.82) is 0 Å². The highest BCUT2D eigenvalue weighted by Gasteiger charge is 2.15. The van der Waals surface area contributed by atoms with Crippen LogP contribution in [0.4, 0.5) is 0 Å². The van der Waals surface area contributed by atoms with Crippen molar-refractivity contribution in [2.75, 3.05) is 21.3 Å². The molecule has 114 valence electrons. The molecule has 0 radical (unpaired) electrons. The number of carbonyl (C=O) groups excluding carboxylic acids is 1. The van der Waals surface area contributed by atoms with Crippen molar-refractivity contribution < 1.29 is 19.0 Å². The fraction of sp³-hybridized carbons (Fsp3) is 0.176. The number of rotatable bonds is 6. The average molecular weight is 299 g/mol. The van der Waals surface area contributed by atoms with E-state index in [2.05, 4.69) is 4.98 Å². The van der Waals surface area contributed by atoms with E-state index in [9.17, 15) is 4.79 Å². The molecular formula is C17H17NO4. The molecule has 2 rings (SSSR count). The van der Waals surface area contributed by atoms with E-state index >= 15 is 0 Å². The van der Waals surface area contributed by atoms with Crippen LogP contribution in [0.25, 0.3) is 6.08 Å². The minimum absolute atomic E-state index is 0.164. The minimum Gasteiger partial charge on any atom is -0.493 e. The molecule has 0 amide bonds. The lowest BCUT2D eigenvalue weighted by atomic mass is 10.1. The number of carbonyl (C=O) groups is 1. The van der Waals surface area contributed by atoms with Crippen LogP contribution in [0.2, 0.25) is 0 Å². The van der Waals surface area contributed by atoms with Crippen LogP contribution in [-0.2, 0) is 0 Å². The Hall–Kier alpha value is -2.82. The number of ketones is 1. The van der Waals surface area contributed by atoms with Gasteiger partial charge in [0, 0.05) is 18.0 Å². The largest absolute Gasteiger partial charge is 0.493 e. The van der Waals surface area contributed by atoms with Crippen LogP contribution < -0.4 is 14.2 Å². The molecule has 5 nitrogen and oxygen atoms in total. The number of hydrogen-bond acceptors (Lipinski definition) is 5. The number of allylic oxidation sites excluding steroid dienone is 1. The first-order chi connectivity index (χ1) is 10.7. The molecule has 1 aromatic heterocycles. The Morgan fingerprint density at radius 2 is 1.77 bits per heavy atom. The molecule has 0 saturated heterocycles. The van der Waals surface area contributed by atoms with Crippen molar-refractivity contribution in [3.63, 3.8) is 0 Å². The van der Waals surface area contributed by atoms with Gasteiger partial charge >= 0.3 is 0 Å². The van der Waals surface area contributed by atoms with Gasteiger partial charge in [0.15, 0.2) is 17.3 Å². The van der Waals surface area contributed by atoms with Gasteiger partial charge in [-0.05, 0) is 35.9 Å². The Balaban J connectivity index is 2.32. The number of aromatic nitrogens is 1. The van der Waals surface area contributed by atoms with Gasteiger partial charge in [-0.1, -0.05) is 6.07 Å². The van der Waals surface area contributed by atoms with Crippen LogP contribution >= 0.6 is 0 Å². The monoisotopic (exact) mass is 299 g/mol. The van der Waals surface area contributed by atoms with Crippen LogP contribution in [0.15, 0.2) is 42.7 Å². The van der Waals surface area contributed by atoms with Crippen molar-refractivity contribution in [3.8, 4) is 17.2 Å². The summed E-state index contributed by atoms with van der Waals surface area (Å²) in [5.41, 5.74) is 1.30. The van der Waals surface area contributed by atoms with Crippen LogP contribution in [0.3, 0.4) is 0 Å². The van der Waals surface area contributed by atoms with Gasteiger partial charge in [0.2, 0.25) is 5.75 Å². The second-order valence-corrected chi connectivity index (χ2v) is 4.40. The van der Waals surface area contributed by atoms with E-state index in [4.69, 9.17) is 14.2 Å². The van der Waals surface area contributed by atoms with Crippen LogP contribution in [-0.4, -0.2) is 32.1 Å². The summed E-state index contributed by atoms with van der Waals surface area (Å²) in [5.74, 6) is 1.18. The summed E-state index contributed by atoms with van der Waals surface area (Å²) in [5, 5.41) is 0. The molecule has 0 aliphatic heterocycles. The van der Waals surface area contributed by atoms with Crippen molar-refractivity contribution in [2.45, 2.75) is 0 Å². The van der Waals surface area contributed by atoms with Gasteiger partial charge < -0.3 is 14.2 Å². The maximum atomic E-state index is 12.3. The summed E-state index contributed by atoms with van der Waals surface area (Å²) in [6.07, 6.45) is 6.55. The normalized spacial score (nSPS) is 10.5. The fourth-order valence-corrected chi connectivity index (χ4v) is 1.97. The lowest BCUT2D eigenvalue weighted by Crippen LogP contribution is -2.00. The van der Waals surface area contributed by atoms with E-state index in [0.29, 0.717) is 22.8 Å². The Morgan fingerprint density at radius 3 is 2.27 bits per heavy atom. The molecular weight excluding hydrogens is 282 g/mol. The van der Waals surface area contributed by atoms with Gasteiger partial charge in [0.05, 0.1) is 21.3 Å². The Kier molecular flexibility index (Phi) is 5.14. The zero-order chi connectivity index (χ0) is 15.9. The first kappa shape index (κ1) is 15.6. The van der Waals surface area contributed by atoms with Crippen molar-refractivity contribution >= 4 is 11.9 Å². The summed E-state index contributed by atoms with van der Waals surface area (Å²) in [4.78, 5) is 16.3. The standard InChI is InChI=1S/C17H17NO4/c1-20-15-9-13(10-16(21-2)17(15)22-3)14(19)7-6-12-5-4-8-18-11-12/h4-11H,1-3H3/b7-6+. The molecule has 0 aliphatic rings. The minimum atomic E-state index is -0.164. The molecule has 0 atom stereocenters. The average Bonchev–Trinajstić information content (AvgIpc) is 2.59. The molecule has 0 unspecified atom stereocenters. The summed E-state index contributed by atoms with van der Waals surface area (Å²) in [7, 11) is 4.54. The molecule has 1 heterocycles. The van der Waals surface area contributed by atoms with E-state index in [1.807, 2.05) is 12.1 Å². The Morgan fingerprint density at radius 1 is 1.09 bits per heavy atom. The van der Waals surface area contributed by atoms with E-state index in [0.717, 1.165) is 5.56 Å². The second-order valence-electron chi connectivity index (χ2n) is 4.40. The summed E-state index contributed by atoms with van der Waals surface area (Å²) in [6, 6.07) is 6.92. The number of pyridine rings is 1. The molecule has 0 bridgehead atoms. The maximum Gasteiger partial charge on any atom is 0.203 e. The van der Waals surface area contributed by atoms with Gasteiger partial charge in [0.25, 0.3) is 0 Å². The van der Waals surface area contributed by atoms with Gasteiger partial charge in [-0.3, -0.25) is 9.78 Å². The zero-order valence-electron chi connectivity index (χ0n) is 12.7. The van der Waals surface area contributed by atoms with E-state index in [1.165, 1.54) is 27.4 Å². The van der Waals surface area contributed by atoms with Crippen LogP contribution in [0, 0.1) is 0 Å². The highest BCUT2D eigenvalue weighted by molar-refractivity contribution is 6.07. The van der Waals surface area contributed by atoms with E-state index in [1.54, 1.807) is 30.6 Å². The first-order valence-corrected chi connectivity index (χ1v) is 6.62. The fourth-order valence-electron chi connectivity index (χ4n) is 1.97. The molecule has 0 fully saturated rings. The van der Waals surface area contributed by atoms with Gasteiger partial charge in [-0.15, -0.1) is 0 Å². The number of hydrogen-bond donors (Lipinski definition) is 0. The summed E-state index contributed by atoms with van der Waals surface area (Å²) in [6.45, 7) is 0. The predicted molar refractivity (Wildman–Crippen MR) is 83.7 cm³/mol. The van der Waals surface area contributed by atoms with Crippen LogP contribution in [0.5, 0.6) is 17.2 Å². The quantitative estimate of drug-likeness (QED) is 0.606. The molecule has 0 spiro atoms. The SMILES string of the molecule is COc1cc(C(=O)/C=C/c2cccnc2)cc(OC)c1OC. The van der Waals surface area contributed by atoms with Crippen molar-refractivity contribution in [1.82, 2.24) is 4.98 Å². The Labute approximate surface area is 129 Å². The number of nitrogens with zero attached hydrogens (tertiary/aromatic N) is 1. The molecule has 0 aliphatic carbocycles. The molecule has 0 N–H and O–H groups in total. The summed E-state index contributed by atoms with van der Waals surface area (Å²) < 4.78 is 15.7. The number of methoxy groups -OCH3 is 3. The highest BCUT2D eigenvalue weighted by Crippen LogP contribution is 2.38. The van der Waals surface area contributed by atoms with Crippen LogP contribution in [0.1, 0.15) is 15.9 Å². The van der Waals surface area contributed by atoms with Gasteiger partial charge in [-0.2, -0.15) is 0 Å². The molecule has 5 heteroatoms. The number of benzene rings is 1. The van der Waals surface area contributed by atoms with Crippen molar-refractivity contribution in [3.05, 3.63) is 53.9 Å². The second kappa shape index (κ2) is 7.26. The molecule has 0 saturated carbocycles. The third kappa shape index (κ3) is 3.44. The maximum absolute atomic E-state index is 12.3.